The van der Waals surface area contributed by atoms with Crippen molar-refractivity contribution in [1.82, 2.24) is 9.62 Å². The van der Waals surface area contributed by atoms with Crippen LogP contribution in [-0.2, 0) is 10.0 Å². The van der Waals surface area contributed by atoms with Crippen LogP contribution < -0.4 is 5.32 Å². The summed E-state index contributed by atoms with van der Waals surface area (Å²) in [5.74, 6) is -1.11. The summed E-state index contributed by atoms with van der Waals surface area (Å²) < 4.78 is 39.7. The molecule has 7 nitrogen and oxygen atoms in total. The summed E-state index contributed by atoms with van der Waals surface area (Å²) in [4.78, 5) is 9.14. The molecular formula is C11H15ClFN3O4S. The fourth-order valence-corrected chi connectivity index (χ4v) is 3.77. The molecule has 0 radical (unpaired) electrons. The summed E-state index contributed by atoms with van der Waals surface area (Å²) in [7, 11) is -2.94. The van der Waals surface area contributed by atoms with E-state index in [1.165, 1.54) is 7.05 Å². The Balaban J connectivity index is 0.00000220. The Kier molecular flexibility index (Phi) is 5.62. The van der Waals surface area contributed by atoms with Gasteiger partial charge in [0.25, 0.3) is 15.7 Å². The smallest absolute Gasteiger partial charge is 0.292 e. The molecule has 2 rings (SSSR count). The lowest BCUT2D eigenvalue weighted by molar-refractivity contribution is -0.388. The van der Waals surface area contributed by atoms with E-state index in [-0.39, 0.29) is 18.4 Å². The van der Waals surface area contributed by atoms with Crippen molar-refractivity contribution in [3.05, 3.63) is 34.1 Å². The second-order valence-corrected chi connectivity index (χ2v) is 6.45. The van der Waals surface area contributed by atoms with Gasteiger partial charge in [0.2, 0.25) is 0 Å². The second-order valence-electron chi connectivity index (χ2n) is 4.51. The SMILES string of the molecule is CN(C1CCNC1)S(=O)(=O)c1c(F)cccc1[N+](=O)[O-].Cl. The first-order valence-corrected chi connectivity index (χ1v) is 7.41. The molecule has 1 heterocycles. The first kappa shape index (κ1) is 17.8. The van der Waals surface area contributed by atoms with Crippen LogP contribution in [0.4, 0.5) is 10.1 Å². The molecule has 10 heteroatoms. The number of rotatable bonds is 4. The first-order valence-electron chi connectivity index (χ1n) is 5.97. The molecule has 0 aliphatic carbocycles. The summed E-state index contributed by atoms with van der Waals surface area (Å²) in [5, 5.41) is 13.9. The maximum Gasteiger partial charge on any atom is 0.292 e. The third-order valence-corrected chi connectivity index (χ3v) is 5.30. The number of likely N-dealkylation sites (N-methyl/N-ethyl adjacent to an activating group) is 1. The van der Waals surface area contributed by atoms with Gasteiger partial charge in [0.1, 0.15) is 5.82 Å². The van der Waals surface area contributed by atoms with Crippen molar-refractivity contribution in [2.24, 2.45) is 0 Å². The van der Waals surface area contributed by atoms with Crippen molar-refractivity contribution in [3.63, 3.8) is 0 Å². The largest absolute Gasteiger partial charge is 0.315 e. The molecular weight excluding hydrogens is 325 g/mol. The average molecular weight is 340 g/mol. The highest BCUT2D eigenvalue weighted by atomic mass is 35.5. The van der Waals surface area contributed by atoms with Gasteiger partial charge in [0, 0.05) is 25.7 Å². The third-order valence-electron chi connectivity index (χ3n) is 3.33. The zero-order valence-corrected chi connectivity index (χ0v) is 12.8. The summed E-state index contributed by atoms with van der Waals surface area (Å²) in [5.41, 5.74) is -0.747. The third kappa shape index (κ3) is 3.31. The molecule has 1 aromatic carbocycles. The van der Waals surface area contributed by atoms with Gasteiger partial charge in [0.05, 0.1) is 4.92 Å². The molecule has 118 valence electrons. The van der Waals surface area contributed by atoms with Gasteiger partial charge in [-0.15, -0.1) is 12.4 Å². The number of hydrogen-bond acceptors (Lipinski definition) is 5. The Hall–Kier alpha value is -1.29. The minimum Gasteiger partial charge on any atom is -0.315 e. The molecule has 1 aliphatic rings. The minimum absolute atomic E-state index is 0. The standard InChI is InChI=1S/C11H14FN3O4S.ClH/c1-14(8-5-6-13-7-8)20(18,19)11-9(12)3-2-4-10(11)15(16)17;/h2-4,8,13H,5-7H2,1H3;1H. The van der Waals surface area contributed by atoms with Crippen molar-refractivity contribution < 1.29 is 17.7 Å². The van der Waals surface area contributed by atoms with Gasteiger partial charge in [-0.3, -0.25) is 10.1 Å². The van der Waals surface area contributed by atoms with Crippen LogP contribution in [0.2, 0.25) is 0 Å². The van der Waals surface area contributed by atoms with Crippen molar-refractivity contribution in [2.75, 3.05) is 20.1 Å². The van der Waals surface area contributed by atoms with E-state index in [4.69, 9.17) is 0 Å². The summed E-state index contributed by atoms with van der Waals surface area (Å²) >= 11 is 0. The molecule has 1 aliphatic heterocycles. The number of nitro groups is 1. The average Bonchev–Trinajstić information content (AvgIpc) is 2.90. The monoisotopic (exact) mass is 339 g/mol. The highest BCUT2D eigenvalue weighted by Crippen LogP contribution is 2.30. The topological polar surface area (TPSA) is 92.6 Å². The predicted octanol–water partition coefficient (Wildman–Crippen LogP) is 1.14. The molecule has 1 N–H and O–H groups in total. The summed E-state index contributed by atoms with van der Waals surface area (Å²) in [6.45, 7) is 1.10. The van der Waals surface area contributed by atoms with Gasteiger partial charge in [-0.2, -0.15) is 4.31 Å². The van der Waals surface area contributed by atoms with Crippen molar-refractivity contribution in [1.29, 1.82) is 0 Å². The molecule has 21 heavy (non-hydrogen) atoms. The molecule has 0 aromatic heterocycles. The maximum absolute atomic E-state index is 13.8. The molecule has 0 saturated carbocycles. The van der Waals surface area contributed by atoms with Crippen LogP contribution in [0, 0.1) is 15.9 Å². The quantitative estimate of drug-likeness (QED) is 0.656. The van der Waals surface area contributed by atoms with Gasteiger partial charge in [-0.05, 0) is 19.0 Å². The fourth-order valence-electron chi connectivity index (χ4n) is 2.19. The summed E-state index contributed by atoms with van der Waals surface area (Å²) in [6, 6.07) is 2.67. The van der Waals surface area contributed by atoms with Gasteiger partial charge in [0.15, 0.2) is 4.90 Å². The van der Waals surface area contributed by atoms with E-state index in [0.717, 1.165) is 22.5 Å². The zero-order valence-electron chi connectivity index (χ0n) is 11.2. The highest BCUT2D eigenvalue weighted by molar-refractivity contribution is 7.89. The second kappa shape index (κ2) is 6.65. The zero-order chi connectivity index (χ0) is 14.9. The van der Waals surface area contributed by atoms with E-state index in [9.17, 15) is 22.9 Å². The molecule has 0 amide bonds. The lowest BCUT2D eigenvalue weighted by Gasteiger charge is -2.23. The molecule has 1 saturated heterocycles. The van der Waals surface area contributed by atoms with E-state index in [2.05, 4.69) is 5.32 Å². The Bertz CT molecular complexity index is 634. The van der Waals surface area contributed by atoms with E-state index >= 15 is 0 Å². The lowest BCUT2D eigenvalue weighted by atomic mass is 10.3. The molecule has 1 atom stereocenters. The molecule has 0 spiro atoms. The van der Waals surface area contributed by atoms with Crippen molar-refractivity contribution >= 4 is 28.1 Å². The number of nitrogens with one attached hydrogen (secondary N) is 1. The van der Waals surface area contributed by atoms with Gasteiger partial charge < -0.3 is 5.32 Å². The Labute approximate surface area is 127 Å². The molecule has 1 aromatic rings. The van der Waals surface area contributed by atoms with Crippen LogP contribution in [0.1, 0.15) is 6.42 Å². The summed E-state index contributed by atoms with van der Waals surface area (Å²) in [6.07, 6.45) is 0.581. The van der Waals surface area contributed by atoms with Crippen LogP contribution in [0.25, 0.3) is 0 Å². The van der Waals surface area contributed by atoms with E-state index < -0.39 is 31.3 Å². The van der Waals surface area contributed by atoms with Crippen LogP contribution in [0.15, 0.2) is 23.1 Å². The van der Waals surface area contributed by atoms with E-state index in [1.54, 1.807) is 0 Å². The van der Waals surface area contributed by atoms with Gasteiger partial charge in [-0.1, -0.05) is 6.07 Å². The number of benzene rings is 1. The molecule has 1 unspecified atom stereocenters. The maximum atomic E-state index is 13.8. The Morgan fingerprint density at radius 1 is 1.48 bits per heavy atom. The fraction of sp³-hybridized carbons (Fsp3) is 0.455. The number of nitrogens with zero attached hydrogens (tertiary/aromatic N) is 2. The van der Waals surface area contributed by atoms with Crippen LogP contribution in [0.5, 0.6) is 0 Å². The van der Waals surface area contributed by atoms with Crippen LogP contribution in [-0.4, -0.2) is 43.8 Å². The van der Waals surface area contributed by atoms with Crippen LogP contribution >= 0.6 is 12.4 Å². The molecule has 0 bridgehead atoms. The Morgan fingerprint density at radius 3 is 2.67 bits per heavy atom. The highest BCUT2D eigenvalue weighted by Gasteiger charge is 2.37. The van der Waals surface area contributed by atoms with Gasteiger partial charge in [-0.25, -0.2) is 12.8 Å². The van der Waals surface area contributed by atoms with Gasteiger partial charge >= 0.3 is 0 Å². The normalized spacial score (nSPS) is 18.5. The van der Waals surface area contributed by atoms with Crippen LogP contribution in [0.3, 0.4) is 0 Å². The number of sulfonamides is 1. The lowest BCUT2D eigenvalue weighted by Crippen LogP contribution is -2.38. The van der Waals surface area contributed by atoms with Crippen molar-refractivity contribution in [2.45, 2.75) is 17.4 Å². The number of nitro benzene ring substituents is 1. The molecule has 1 fully saturated rings. The first-order chi connectivity index (χ1) is 9.35. The predicted molar refractivity (Wildman–Crippen MR) is 76.5 cm³/mol. The Morgan fingerprint density at radius 2 is 2.14 bits per heavy atom. The van der Waals surface area contributed by atoms with E-state index in [0.29, 0.717) is 19.5 Å². The number of hydrogen-bond donors (Lipinski definition) is 1. The van der Waals surface area contributed by atoms with E-state index in [1.807, 2.05) is 0 Å². The van der Waals surface area contributed by atoms with Crippen molar-refractivity contribution in [3.8, 4) is 0 Å². The number of halogens is 2. The minimum atomic E-state index is -4.25.